The molecule has 1 unspecified atom stereocenters. The van der Waals surface area contributed by atoms with Gasteiger partial charge in [-0.05, 0) is 32.0 Å². The molecule has 0 fully saturated rings. The second-order valence-corrected chi connectivity index (χ2v) is 6.28. The molecule has 6 heteroatoms. The van der Waals surface area contributed by atoms with Gasteiger partial charge in [-0.25, -0.2) is 9.78 Å². The summed E-state index contributed by atoms with van der Waals surface area (Å²) in [5.41, 5.74) is 6.38. The van der Waals surface area contributed by atoms with E-state index in [4.69, 9.17) is 10.5 Å². The van der Waals surface area contributed by atoms with Gasteiger partial charge in [-0.2, -0.15) is 0 Å². The van der Waals surface area contributed by atoms with Crippen molar-refractivity contribution >= 4 is 28.8 Å². The molecule has 0 aliphatic heterocycles. The molecule has 0 aliphatic rings. The highest BCUT2D eigenvalue weighted by Gasteiger charge is 2.13. The van der Waals surface area contributed by atoms with E-state index in [0.717, 1.165) is 6.42 Å². The highest BCUT2D eigenvalue weighted by Crippen LogP contribution is 2.20. The fourth-order valence-corrected chi connectivity index (χ4v) is 3.05. The van der Waals surface area contributed by atoms with Crippen molar-refractivity contribution in [2.45, 2.75) is 26.3 Å². The van der Waals surface area contributed by atoms with Crippen LogP contribution in [0.1, 0.15) is 27.0 Å². The summed E-state index contributed by atoms with van der Waals surface area (Å²) < 4.78 is 4.70. The molecule has 0 bridgehead atoms. The van der Waals surface area contributed by atoms with Crippen molar-refractivity contribution in [3.05, 3.63) is 39.7 Å². The molecule has 0 amide bonds. The summed E-state index contributed by atoms with van der Waals surface area (Å²) in [6, 6.07) is 6.07. The number of hydrogen-bond donors (Lipinski definition) is 2. The van der Waals surface area contributed by atoms with E-state index >= 15 is 0 Å². The number of ether oxygens (including phenoxy) is 1. The van der Waals surface area contributed by atoms with Gasteiger partial charge in [0.2, 0.25) is 0 Å². The number of carbonyl (C=O) groups is 1. The minimum absolute atomic E-state index is 0.199. The van der Waals surface area contributed by atoms with Crippen LogP contribution < -0.4 is 11.1 Å². The monoisotopic (exact) mass is 305 g/mol. The first-order chi connectivity index (χ1) is 9.99. The third kappa shape index (κ3) is 3.95. The molecule has 112 valence electrons. The number of anilines is 2. The molecule has 0 radical (unpaired) electrons. The number of thiophene rings is 1. The molecule has 0 aliphatic carbocycles. The lowest BCUT2D eigenvalue weighted by Crippen LogP contribution is -2.19. The molecule has 1 atom stereocenters. The third-order valence-corrected chi connectivity index (χ3v) is 4.06. The largest absolute Gasteiger partial charge is 0.465 e. The summed E-state index contributed by atoms with van der Waals surface area (Å²) in [7, 11) is 1.33. The molecule has 0 saturated heterocycles. The summed E-state index contributed by atoms with van der Waals surface area (Å²) in [6.45, 7) is 4.17. The van der Waals surface area contributed by atoms with Crippen LogP contribution in [0.3, 0.4) is 0 Å². The number of hydrogen-bond acceptors (Lipinski definition) is 6. The summed E-state index contributed by atoms with van der Waals surface area (Å²) in [4.78, 5) is 18.4. The van der Waals surface area contributed by atoms with Crippen molar-refractivity contribution in [1.82, 2.24) is 4.98 Å². The smallest absolute Gasteiger partial charge is 0.340 e. The van der Waals surface area contributed by atoms with Crippen LogP contribution >= 0.6 is 11.3 Å². The van der Waals surface area contributed by atoms with Crippen LogP contribution in [-0.2, 0) is 11.2 Å². The predicted octanol–water partition coefficient (Wildman–Crippen LogP) is 2.86. The van der Waals surface area contributed by atoms with Crippen LogP contribution in [-0.4, -0.2) is 24.1 Å². The maximum Gasteiger partial charge on any atom is 0.340 e. The molecule has 3 N–H and O–H groups in total. The number of nitrogen functional groups attached to an aromatic ring is 1. The standard InChI is InChI=1S/C15H19N3O2S/c1-9(6-11-5-4-10(2)21-11)18-14-7-12(15(19)20-3)13(16)8-17-14/h4-5,7-9H,6,16H2,1-3H3,(H,17,18). The van der Waals surface area contributed by atoms with Crippen molar-refractivity contribution in [3.63, 3.8) is 0 Å². The number of esters is 1. The molecule has 0 aromatic carbocycles. The molecule has 2 aromatic rings. The average molecular weight is 305 g/mol. The lowest BCUT2D eigenvalue weighted by atomic mass is 10.2. The second-order valence-electron chi connectivity index (χ2n) is 4.91. The normalized spacial score (nSPS) is 12.0. The van der Waals surface area contributed by atoms with E-state index in [2.05, 4.69) is 36.3 Å². The van der Waals surface area contributed by atoms with Gasteiger partial charge in [0, 0.05) is 22.2 Å². The van der Waals surface area contributed by atoms with Crippen LogP contribution in [0.4, 0.5) is 11.5 Å². The average Bonchev–Trinajstić information content (AvgIpc) is 2.85. The van der Waals surface area contributed by atoms with E-state index in [-0.39, 0.29) is 6.04 Å². The number of nitrogens with one attached hydrogen (secondary N) is 1. The molecule has 2 rings (SSSR count). The van der Waals surface area contributed by atoms with Crippen molar-refractivity contribution in [3.8, 4) is 0 Å². The number of rotatable bonds is 5. The van der Waals surface area contributed by atoms with Crippen LogP contribution in [0.2, 0.25) is 0 Å². The second kappa shape index (κ2) is 6.58. The fourth-order valence-electron chi connectivity index (χ4n) is 2.03. The van der Waals surface area contributed by atoms with Crippen molar-refractivity contribution in [2.75, 3.05) is 18.2 Å². The maximum atomic E-state index is 11.6. The highest BCUT2D eigenvalue weighted by molar-refractivity contribution is 7.11. The predicted molar refractivity (Wildman–Crippen MR) is 85.8 cm³/mol. The maximum absolute atomic E-state index is 11.6. The topological polar surface area (TPSA) is 77.2 Å². The Morgan fingerprint density at radius 1 is 1.52 bits per heavy atom. The summed E-state index contributed by atoms with van der Waals surface area (Å²) in [5.74, 6) is 0.157. The number of pyridine rings is 1. The Labute approximate surface area is 128 Å². The van der Waals surface area contributed by atoms with Gasteiger partial charge in [0.1, 0.15) is 5.82 Å². The molecule has 2 aromatic heterocycles. The molecule has 21 heavy (non-hydrogen) atoms. The Kier molecular flexibility index (Phi) is 4.80. The van der Waals surface area contributed by atoms with Gasteiger partial charge in [0.05, 0.1) is 24.6 Å². The number of nitrogens with two attached hydrogens (primary N) is 1. The number of methoxy groups -OCH3 is 1. The van der Waals surface area contributed by atoms with Gasteiger partial charge in [0.15, 0.2) is 0 Å². The first kappa shape index (κ1) is 15.3. The molecule has 0 spiro atoms. The van der Waals surface area contributed by atoms with E-state index in [1.54, 1.807) is 17.4 Å². The number of aromatic nitrogens is 1. The number of nitrogens with zero attached hydrogens (tertiary/aromatic N) is 1. The summed E-state index contributed by atoms with van der Waals surface area (Å²) in [5, 5.41) is 3.28. The Balaban J connectivity index is 2.06. The van der Waals surface area contributed by atoms with Gasteiger partial charge in [-0.3, -0.25) is 0 Å². The quantitative estimate of drug-likeness (QED) is 0.831. The molecule has 5 nitrogen and oxygen atoms in total. The molecule has 0 saturated carbocycles. The van der Waals surface area contributed by atoms with Crippen molar-refractivity contribution < 1.29 is 9.53 Å². The molecule has 2 heterocycles. The van der Waals surface area contributed by atoms with E-state index in [9.17, 15) is 4.79 Å². The Morgan fingerprint density at radius 3 is 2.90 bits per heavy atom. The van der Waals surface area contributed by atoms with Crippen LogP contribution in [0, 0.1) is 6.92 Å². The Hall–Kier alpha value is -2.08. The number of carbonyl (C=O) groups excluding carboxylic acids is 1. The summed E-state index contributed by atoms with van der Waals surface area (Å²) >= 11 is 1.79. The lowest BCUT2D eigenvalue weighted by molar-refractivity contribution is 0.0602. The molecular weight excluding hydrogens is 286 g/mol. The first-order valence-electron chi connectivity index (χ1n) is 6.65. The van der Waals surface area contributed by atoms with E-state index in [1.807, 2.05) is 0 Å². The minimum atomic E-state index is -0.459. The van der Waals surface area contributed by atoms with Gasteiger partial charge in [-0.15, -0.1) is 11.3 Å². The SMILES string of the molecule is COC(=O)c1cc(NC(C)Cc2ccc(C)s2)ncc1N. The zero-order valence-electron chi connectivity index (χ0n) is 12.3. The van der Waals surface area contributed by atoms with Gasteiger partial charge in [-0.1, -0.05) is 0 Å². The zero-order valence-corrected chi connectivity index (χ0v) is 13.2. The fraction of sp³-hybridized carbons (Fsp3) is 0.333. The van der Waals surface area contributed by atoms with E-state index < -0.39 is 5.97 Å². The van der Waals surface area contributed by atoms with Gasteiger partial charge in [0.25, 0.3) is 0 Å². The first-order valence-corrected chi connectivity index (χ1v) is 7.47. The Morgan fingerprint density at radius 2 is 2.29 bits per heavy atom. The number of aryl methyl sites for hydroxylation is 1. The van der Waals surface area contributed by atoms with Crippen LogP contribution in [0.5, 0.6) is 0 Å². The van der Waals surface area contributed by atoms with Gasteiger partial charge >= 0.3 is 5.97 Å². The summed E-state index contributed by atoms with van der Waals surface area (Å²) in [6.07, 6.45) is 2.37. The highest BCUT2D eigenvalue weighted by atomic mass is 32.1. The van der Waals surface area contributed by atoms with E-state index in [0.29, 0.717) is 17.1 Å². The van der Waals surface area contributed by atoms with Crippen molar-refractivity contribution in [1.29, 1.82) is 0 Å². The minimum Gasteiger partial charge on any atom is -0.465 e. The lowest BCUT2D eigenvalue weighted by Gasteiger charge is -2.14. The Bertz CT molecular complexity index is 640. The van der Waals surface area contributed by atoms with Crippen LogP contribution in [0.25, 0.3) is 0 Å². The molecular formula is C15H19N3O2S. The zero-order chi connectivity index (χ0) is 15.4. The van der Waals surface area contributed by atoms with Gasteiger partial charge < -0.3 is 15.8 Å². The van der Waals surface area contributed by atoms with Crippen LogP contribution in [0.15, 0.2) is 24.4 Å². The van der Waals surface area contributed by atoms with Crippen molar-refractivity contribution in [2.24, 2.45) is 0 Å². The van der Waals surface area contributed by atoms with E-state index in [1.165, 1.54) is 23.1 Å². The third-order valence-electron chi connectivity index (χ3n) is 3.04.